The normalized spacial score (nSPS) is 9.96. The number of hydrogen-bond donors (Lipinski definition) is 2. The van der Waals surface area contributed by atoms with Gasteiger partial charge in [-0.15, -0.1) is 0 Å². The van der Waals surface area contributed by atoms with Gasteiger partial charge in [-0.3, -0.25) is 4.79 Å². The summed E-state index contributed by atoms with van der Waals surface area (Å²) >= 11 is 6.08. The number of hydrogen-bond acceptors (Lipinski definition) is 5. The molecule has 0 spiro atoms. The highest BCUT2D eigenvalue weighted by Crippen LogP contribution is 2.27. The summed E-state index contributed by atoms with van der Waals surface area (Å²) in [4.78, 5) is 16.7. The number of benzene rings is 2. The Morgan fingerprint density at radius 1 is 1.11 bits per heavy atom. The van der Waals surface area contributed by atoms with Crippen molar-refractivity contribution >= 4 is 34.7 Å². The molecule has 1 aromatic heterocycles. The van der Waals surface area contributed by atoms with Crippen molar-refractivity contribution in [3.8, 4) is 11.8 Å². The molecule has 0 aliphatic carbocycles. The molecular formula is C20H15ClN4O2. The van der Waals surface area contributed by atoms with Crippen LogP contribution in [0.3, 0.4) is 0 Å². The van der Waals surface area contributed by atoms with Gasteiger partial charge in [-0.25, -0.2) is 4.98 Å². The van der Waals surface area contributed by atoms with Crippen molar-refractivity contribution in [2.75, 3.05) is 17.7 Å². The van der Waals surface area contributed by atoms with E-state index in [1.54, 1.807) is 60.8 Å². The molecule has 134 valence electrons. The van der Waals surface area contributed by atoms with E-state index in [-0.39, 0.29) is 5.91 Å². The fraction of sp³-hybridized carbons (Fsp3) is 0.0500. The molecule has 2 N–H and O–H groups in total. The van der Waals surface area contributed by atoms with Crippen LogP contribution in [0.1, 0.15) is 15.9 Å². The molecule has 0 saturated carbocycles. The van der Waals surface area contributed by atoms with E-state index >= 15 is 0 Å². The maximum absolute atomic E-state index is 12.5. The van der Waals surface area contributed by atoms with Crippen LogP contribution in [0.4, 0.5) is 17.2 Å². The zero-order valence-electron chi connectivity index (χ0n) is 14.4. The van der Waals surface area contributed by atoms with Crippen molar-refractivity contribution in [1.82, 2.24) is 4.98 Å². The van der Waals surface area contributed by atoms with Crippen LogP contribution < -0.4 is 15.4 Å². The van der Waals surface area contributed by atoms with E-state index in [0.29, 0.717) is 33.4 Å². The highest BCUT2D eigenvalue weighted by Gasteiger charge is 2.09. The topological polar surface area (TPSA) is 87.0 Å². The Morgan fingerprint density at radius 2 is 1.85 bits per heavy atom. The molecule has 2 aromatic carbocycles. The first-order valence-electron chi connectivity index (χ1n) is 7.97. The molecule has 3 aromatic rings. The van der Waals surface area contributed by atoms with Gasteiger partial charge in [-0.1, -0.05) is 11.6 Å². The zero-order chi connectivity index (χ0) is 19.2. The van der Waals surface area contributed by atoms with Gasteiger partial charge in [-0.2, -0.15) is 5.26 Å². The van der Waals surface area contributed by atoms with Crippen LogP contribution in [0, 0.1) is 11.3 Å². The molecule has 27 heavy (non-hydrogen) atoms. The van der Waals surface area contributed by atoms with Crippen LogP contribution in [0.25, 0.3) is 0 Å². The Hall–Kier alpha value is -3.56. The first kappa shape index (κ1) is 18.2. The summed E-state index contributed by atoms with van der Waals surface area (Å²) in [5.74, 6) is 0.758. The van der Waals surface area contributed by atoms with E-state index in [1.807, 2.05) is 0 Å². The second kappa shape index (κ2) is 8.21. The number of ether oxygens (including phenoxy) is 1. The molecule has 0 atom stereocenters. The van der Waals surface area contributed by atoms with E-state index < -0.39 is 0 Å². The van der Waals surface area contributed by atoms with Gasteiger partial charge in [0.05, 0.1) is 23.8 Å². The lowest BCUT2D eigenvalue weighted by Crippen LogP contribution is -2.12. The molecule has 0 fully saturated rings. The predicted molar refractivity (Wildman–Crippen MR) is 105 cm³/mol. The third-order valence-electron chi connectivity index (χ3n) is 3.72. The fourth-order valence-electron chi connectivity index (χ4n) is 2.36. The average molecular weight is 379 g/mol. The molecule has 0 radical (unpaired) electrons. The summed E-state index contributed by atoms with van der Waals surface area (Å²) in [5, 5.41) is 15.1. The molecule has 6 nitrogen and oxygen atoms in total. The predicted octanol–water partition coefficient (Wildman–Crippen LogP) is 4.61. The zero-order valence-corrected chi connectivity index (χ0v) is 15.1. The Balaban J connectivity index is 1.73. The Morgan fingerprint density at radius 3 is 2.52 bits per heavy atom. The monoisotopic (exact) mass is 378 g/mol. The molecule has 0 bridgehead atoms. The summed E-state index contributed by atoms with van der Waals surface area (Å²) in [5.41, 5.74) is 2.33. The van der Waals surface area contributed by atoms with Gasteiger partial charge in [0, 0.05) is 23.1 Å². The molecule has 0 unspecified atom stereocenters. The number of rotatable bonds is 5. The van der Waals surface area contributed by atoms with Crippen molar-refractivity contribution in [3.63, 3.8) is 0 Å². The number of pyridine rings is 1. The molecule has 1 heterocycles. The van der Waals surface area contributed by atoms with Gasteiger partial charge in [0.2, 0.25) is 0 Å². The first-order valence-corrected chi connectivity index (χ1v) is 8.35. The Kier molecular flexibility index (Phi) is 5.55. The third-order valence-corrected chi connectivity index (χ3v) is 4.01. The maximum Gasteiger partial charge on any atom is 0.255 e. The van der Waals surface area contributed by atoms with Crippen LogP contribution in [-0.4, -0.2) is 18.0 Å². The summed E-state index contributed by atoms with van der Waals surface area (Å²) in [6, 6.07) is 17.3. The third kappa shape index (κ3) is 4.54. The molecule has 7 heteroatoms. The molecule has 0 aliphatic rings. The fourth-order valence-corrected chi connectivity index (χ4v) is 2.62. The summed E-state index contributed by atoms with van der Waals surface area (Å²) < 4.78 is 5.10. The maximum atomic E-state index is 12.5. The van der Waals surface area contributed by atoms with Crippen molar-refractivity contribution in [1.29, 1.82) is 5.26 Å². The van der Waals surface area contributed by atoms with Crippen LogP contribution in [0.2, 0.25) is 5.02 Å². The minimum absolute atomic E-state index is 0.290. The lowest BCUT2D eigenvalue weighted by Gasteiger charge is -2.10. The number of carbonyl (C=O) groups excluding carboxylic acids is 1. The van der Waals surface area contributed by atoms with Crippen LogP contribution >= 0.6 is 11.6 Å². The van der Waals surface area contributed by atoms with Crippen molar-refractivity contribution in [3.05, 3.63) is 76.9 Å². The minimum Gasteiger partial charge on any atom is -0.495 e. The van der Waals surface area contributed by atoms with Gasteiger partial charge in [-0.05, 0) is 54.6 Å². The Bertz CT molecular complexity index is 1010. The van der Waals surface area contributed by atoms with E-state index in [2.05, 4.69) is 21.7 Å². The lowest BCUT2D eigenvalue weighted by molar-refractivity contribution is 0.102. The average Bonchev–Trinajstić information content (AvgIpc) is 2.69. The number of methoxy groups -OCH3 is 1. The van der Waals surface area contributed by atoms with Crippen LogP contribution in [-0.2, 0) is 0 Å². The summed E-state index contributed by atoms with van der Waals surface area (Å²) in [6.45, 7) is 0. The molecular weight excluding hydrogens is 364 g/mol. The van der Waals surface area contributed by atoms with E-state index in [0.717, 1.165) is 5.69 Å². The lowest BCUT2D eigenvalue weighted by atomic mass is 10.2. The number of amides is 1. The number of nitriles is 1. The molecule has 3 rings (SSSR count). The molecule has 0 aliphatic heterocycles. The molecule has 0 saturated heterocycles. The van der Waals surface area contributed by atoms with Crippen LogP contribution in [0.15, 0.2) is 60.8 Å². The van der Waals surface area contributed by atoms with Crippen LogP contribution in [0.5, 0.6) is 5.75 Å². The quantitative estimate of drug-likeness (QED) is 0.676. The summed E-state index contributed by atoms with van der Waals surface area (Å²) in [6.07, 6.45) is 1.54. The second-order valence-electron chi connectivity index (χ2n) is 5.55. The first-order chi connectivity index (χ1) is 13.1. The van der Waals surface area contributed by atoms with Gasteiger partial charge in [0.15, 0.2) is 0 Å². The number of nitrogens with zero attached hydrogens (tertiary/aromatic N) is 2. The number of anilines is 3. The number of carbonyl (C=O) groups is 1. The Labute approximate surface area is 161 Å². The highest BCUT2D eigenvalue weighted by molar-refractivity contribution is 6.32. The van der Waals surface area contributed by atoms with Crippen molar-refractivity contribution in [2.45, 2.75) is 0 Å². The second-order valence-corrected chi connectivity index (χ2v) is 5.95. The van der Waals surface area contributed by atoms with Gasteiger partial charge in [0.25, 0.3) is 5.91 Å². The summed E-state index contributed by atoms with van der Waals surface area (Å²) in [7, 11) is 1.53. The van der Waals surface area contributed by atoms with E-state index in [1.165, 1.54) is 7.11 Å². The van der Waals surface area contributed by atoms with Crippen molar-refractivity contribution in [2.24, 2.45) is 0 Å². The minimum atomic E-state index is -0.290. The van der Waals surface area contributed by atoms with Gasteiger partial charge in [0.1, 0.15) is 11.6 Å². The smallest absolute Gasteiger partial charge is 0.255 e. The SMILES string of the molecule is COc1ccc(NC(=O)c2ccnc(Nc3ccc(C#N)cc3)c2)cc1Cl. The highest BCUT2D eigenvalue weighted by atomic mass is 35.5. The number of halogens is 1. The van der Waals surface area contributed by atoms with E-state index in [4.69, 9.17) is 21.6 Å². The largest absolute Gasteiger partial charge is 0.495 e. The standard InChI is InChI=1S/C20H15ClN4O2/c1-27-18-7-6-16(11-17(18)21)25-20(26)14-8-9-23-19(10-14)24-15-4-2-13(12-22)3-5-15/h2-11H,1H3,(H,23,24)(H,25,26). The number of aromatic nitrogens is 1. The van der Waals surface area contributed by atoms with Gasteiger partial charge < -0.3 is 15.4 Å². The van der Waals surface area contributed by atoms with Gasteiger partial charge >= 0.3 is 0 Å². The van der Waals surface area contributed by atoms with E-state index in [9.17, 15) is 4.79 Å². The van der Waals surface area contributed by atoms with Crippen molar-refractivity contribution < 1.29 is 9.53 Å². The molecule has 1 amide bonds. The number of nitrogens with one attached hydrogen (secondary N) is 2.